The first-order chi connectivity index (χ1) is 23.4. The minimum atomic E-state index is 0.228. The molecular weight excluding hydrogens is 579 g/mol. The van der Waals surface area contributed by atoms with Crippen molar-refractivity contribution in [3.05, 3.63) is 168 Å². The SMILES string of the molecule is CC(C)(C)C1=CC2CCC3C4=C(C=CC(C1)C42)C(c1ccc(-c2cccc4ccccc24)cc1)=CC3c1ccc(-c2cccnc2)cc1. The van der Waals surface area contributed by atoms with E-state index in [1.165, 1.54) is 74.6 Å². The zero-order valence-corrected chi connectivity index (χ0v) is 28.2. The highest BCUT2D eigenvalue weighted by molar-refractivity contribution is 5.97. The van der Waals surface area contributed by atoms with Crippen molar-refractivity contribution in [2.45, 2.75) is 46.0 Å². The second-order valence-corrected chi connectivity index (χ2v) is 15.5. The van der Waals surface area contributed by atoms with Gasteiger partial charge in [0.25, 0.3) is 0 Å². The fraction of sp³-hybridized carbons (Fsp3) is 0.255. The molecule has 0 spiro atoms. The topological polar surface area (TPSA) is 12.9 Å². The lowest BCUT2D eigenvalue weighted by Gasteiger charge is -2.51. The van der Waals surface area contributed by atoms with Crippen LogP contribution in [-0.2, 0) is 0 Å². The molecule has 1 heterocycles. The standard InChI is InChI=1S/C47H43N/c1-47(2,3)38-26-35-21-23-41-43(33-15-13-30(14-16-33)37-10-7-25-48-29-37)28-44(42-24-22-36(27-38)45(35)46(41)42)34-19-17-32(18-20-34)40-12-6-9-31-8-4-5-11-39(31)40/h4-20,22,24-26,28-29,35-36,41,43,45H,21,23,27H2,1-3H3. The first-order valence-electron chi connectivity index (χ1n) is 17.9. The van der Waals surface area contributed by atoms with Crippen molar-refractivity contribution in [1.29, 1.82) is 0 Å². The first kappa shape index (κ1) is 29.4. The van der Waals surface area contributed by atoms with E-state index in [0.29, 0.717) is 29.6 Å². The monoisotopic (exact) mass is 621 g/mol. The minimum absolute atomic E-state index is 0.228. The molecule has 4 aliphatic carbocycles. The maximum Gasteiger partial charge on any atom is 0.0346 e. The lowest BCUT2D eigenvalue weighted by molar-refractivity contribution is 0.210. The van der Waals surface area contributed by atoms with E-state index >= 15 is 0 Å². The van der Waals surface area contributed by atoms with Gasteiger partial charge in [-0.1, -0.05) is 153 Å². The minimum Gasteiger partial charge on any atom is -0.264 e. The van der Waals surface area contributed by atoms with Gasteiger partial charge in [-0.2, -0.15) is 0 Å². The van der Waals surface area contributed by atoms with Gasteiger partial charge in [0.15, 0.2) is 0 Å². The molecule has 1 fully saturated rings. The van der Waals surface area contributed by atoms with Crippen molar-refractivity contribution in [3.8, 4) is 22.3 Å². The van der Waals surface area contributed by atoms with Crippen LogP contribution in [0.1, 0.15) is 57.1 Å². The lowest BCUT2D eigenvalue weighted by atomic mass is 9.53. The molecule has 0 N–H and O–H groups in total. The molecule has 0 radical (unpaired) electrons. The van der Waals surface area contributed by atoms with Gasteiger partial charge in [0, 0.05) is 18.3 Å². The molecule has 5 aromatic rings. The summed E-state index contributed by atoms with van der Waals surface area (Å²) in [4.78, 5) is 4.36. The molecule has 1 nitrogen and oxygen atoms in total. The normalized spacial score (nSPS) is 24.6. The Morgan fingerprint density at radius 1 is 0.667 bits per heavy atom. The summed E-state index contributed by atoms with van der Waals surface area (Å²) >= 11 is 0. The van der Waals surface area contributed by atoms with Crippen molar-refractivity contribution in [2.75, 3.05) is 0 Å². The molecule has 9 rings (SSSR count). The zero-order valence-electron chi connectivity index (χ0n) is 28.2. The van der Waals surface area contributed by atoms with Crippen LogP contribution in [0.2, 0.25) is 0 Å². The van der Waals surface area contributed by atoms with Crippen LogP contribution in [0.5, 0.6) is 0 Å². The molecule has 4 aromatic carbocycles. The third kappa shape index (κ3) is 4.95. The number of hydrogen-bond acceptors (Lipinski definition) is 1. The summed E-state index contributed by atoms with van der Waals surface area (Å²) in [5.74, 6) is 2.73. The van der Waals surface area contributed by atoms with Gasteiger partial charge in [-0.15, -0.1) is 0 Å². The second-order valence-electron chi connectivity index (χ2n) is 15.5. The van der Waals surface area contributed by atoms with Crippen LogP contribution in [0, 0.1) is 29.1 Å². The van der Waals surface area contributed by atoms with Crippen molar-refractivity contribution in [1.82, 2.24) is 4.98 Å². The highest BCUT2D eigenvalue weighted by Crippen LogP contribution is 2.59. The first-order valence-corrected chi connectivity index (χ1v) is 17.9. The van der Waals surface area contributed by atoms with Crippen LogP contribution in [0.4, 0.5) is 0 Å². The summed E-state index contributed by atoms with van der Waals surface area (Å²) < 4.78 is 0. The van der Waals surface area contributed by atoms with Crippen molar-refractivity contribution in [2.24, 2.45) is 29.1 Å². The highest BCUT2D eigenvalue weighted by atomic mass is 14.6. The van der Waals surface area contributed by atoms with Gasteiger partial charge >= 0.3 is 0 Å². The third-order valence-electron chi connectivity index (χ3n) is 11.8. The van der Waals surface area contributed by atoms with Crippen molar-refractivity contribution >= 4 is 16.3 Å². The van der Waals surface area contributed by atoms with Gasteiger partial charge in [0.1, 0.15) is 0 Å². The van der Waals surface area contributed by atoms with Crippen LogP contribution < -0.4 is 0 Å². The summed E-state index contributed by atoms with van der Waals surface area (Å²) in [6.07, 6.45) is 18.0. The van der Waals surface area contributed by atoms with Gasteiger partial charge < -0.3 is 0 Å². The van der Waals surface area contributed by atoms with Crippen molar-refractivity contribution < 1.29 is 0 Å². The molecule has 5 atom stereocenters. The van der Waals surface area contributed by atoms with Gasteiger partial charge in [-0.05, 0) is 110 Å². The molecule has 236 valence electrons. The molecule has 1 heteroatoms. The van der Waals surface area contributed by atoms with Crippen molar-refractivity contribution in [3.63, 3.8) is 0 Å². The summed E-state index contributed by atoms with van der Waals surface area (Å²) in [5.41, 5.74) is 14.2. The molecule has 0 amide bonds. The Bertz CT molecular complexity index is 2130. The lowest BCUT2D eigenvalue weighted by Crippen LogP contribution is -2.40. The average Bonchev–Trinajstić information content (AvgIpc) is 3.13. The molecule has 0 bridgehead atoms. The Labute approximate surface area is 285 Å². The average molecular weight is 622 g/mol. The molecular formula is C47H43N. The number of rotatable bonds is 4. The summed E-state index contributed by atoms with van der Waals surface area (Å²) in [6, 6.07) is 38.3. The number of fused-ring (bicyclic) bond motifs is 1. The number of hydrogen-bond donors (Lipinski definition) is 0. The quantitative estimate of drug-likeness (QED) is 0.182. The molecule has 1 saturated carbocycles. The number of pyridine rings is 1. The summed E-state index contributed by atoms with van der Waals surface area (Å²) in [7, 11) is 0. The van der Waals surface area contributed by atoms with Gasteiger partial charge in [-0.25, -0.2) is 0 Å². The van der Waals surface area contributed by atoms with Crippen LogP contribution >= 0.6 is 0 Å². The van der Waals surface area contributed by atoms with Crippen LogP contribution in [0.15, 0.2) is 157 Å². The van der Waals surface area contributed by atoms with E-state index in [4.69, 9.17) is 0 Å². The molecule has 48 heavy (non-hydrogen) atoms. The second kappa shape index (κ2) is 11.4. The van der Waals surface area contributed by atoms with Crippen LogP contribution in [0.25, 0.3) is 38.6 Å². The Balaban J connectivity index is 1.15. The van der Waals surface area contributed by atoms with Gasteiger partial charge in [0.05, 0.1) is 0 Å². The summed E-state index contributed by atoms with van der Waals surface area (Å²) in [5, 5.41) is 2.59. The summed E-state index contributed by atoms with van der Waals surface area (Å²) in [6.45, 7) is 7.20. The van der Waals surface area contributed by atoms with Crippen LogP contribution in [-0.4, -0.2) is 4.98 Å². The molecule has 1 aromatic heterocycles. The zero-order chi connectivity index (χ0) is 32.4. The van der Waals surface area contributed by atoms with E-state index in [2.05, 4.69) is 147 Å². The smallest absolute Gasteiger partial charge is 0.0346 e. The number of aromatic nitrogens is 1. The van der Waals surface area contributed by atoms with E-state index in [-0.39, 0.29) is 5.41 Å². The molecule has 0 saturated heterocycles. The Hall–Kier alpha value is -4.75. The predicted octanol–water partition coefficient (Wildman–Crippen LogP) is 12.3. The van der Waals surface area contributed by atoms with E-state index in [9.17, 15) is 0 Å². The van der Waals surface area contributed by atoms with E-state index < -0.39 is 0 Å². The predicted molar refractivity (Wildman–Crippen MR) is 201 cm³/mol. The molecule has 0 aliphatic heterocycles. The largest absolute Gasteiger partial charge is 0.264 e. The Morgan fingerprint density at radius 3 is 2.23 bits per heavy atom. The number of nitrogens with zero attached hydrogens (tertiary/aromatic N) is 1. The Morgan fingerprint density at radius 2 is 1.44 bits per heavy atom. The molecule has 5 unspecified atom stereocenters. The van der Waals surface area contributed by atoms with Gasteiger partial charge in [0.2, 0.25) is 0 Å². The van der Waals surface area contributed by atoms with Crippen LogP contribution in [0.3, 0.4) is 0 Å². The maximum absolute atomic E-state index is 4.36. The molecule has 4 aliphatic rings. The Kier molecular flexibility index (Phi) is 7.01. The van der Waals surface area contributed by atoms with E-state index in [0.717, 1.165) is 0 Å². The maximum atomic E-state index is 4.36. The third-order valence-corrected chi connectivity index (χ3v) is 11.8. The van der Waals surface area contributed by atoms with Gasteiger partial charge in [-0.3, -0.25) is 4.98 Å². The fourth-order valence-electron chi connectivity index (χ4n) is 9.39. The highest BCUT2D eigenvalue weighted by Gasteiger charge is 2.48. The van der Waals surface area contributed by atoms with E-state index in [1.807, 2.05) is 18.5 Å². The fourth-order valence-corrected chi connectivity index (χ4v) is 9.39. The van der Waals surface area contributed by atoms with E-state index in [1.54, 1.807) is 11.1 Å². The number of allylic oxidation sites excluding steroid dienone is 8. The number of benzene rings is 4.